The molecule has 36 heavy (non-hydrogen) atoms. The van der Waals surface area contributed by atoms with E-state index < -0.39 is 0 Å². The second kappa shape index (κ2) is 11.2. The number of rotatable bonds is 11. The smallest absolute Gasteiger partial charge is 0.165 e. The summed E-state index contributed by atoms with van der Waals surface area (Å²) in [5, 5.41) is 16.8. The first-order valence-corrected chi connectivity index (χ1v) is 13.0. The summed E-state index contributed by atoms with van der Waals surface area (Å²) in [6.07, 6.45) is 6.08. The van der Waals surface area contributed by atoms with Crippen molar-refractivity contribution in [3.05, 3.63) is 82.7 Å². The van der Waals surface area contributed by atoms with Crippen LogP contribution in [-0.4, -0.2) is 38.0 Å². The first-order chi connectivity index (χ1) is 17.6. The molecule has 6 heteroatoms. The van der Waals surface area contributed by atoms with Crippen LogP contribution in [0.2, 0.25) is 0 Å². The van der Waals surface area contributed by atoms with Gasteiger partial charge in [0, 0.05) is 30.9 Å². The number of aryl methyl sites for hydroxylation is 1. The van der Waals surface area contributed by atoms with E-state index in [0.717, 1.165) is 42.8 Å². The number of phenolic OH excluding ortho intramolecular Hbond substituents is 1. The lowest BCUT2D eigenvalue weighted by molar-refractivity contribution is 0.298. The van der Waals surface area contributed by atoms with Gasteiger partial charge in [-0.1, -0.05) is 18.2 Å². The van der Waals surface area contributed by atoms with Crippen molar-refractivity contribution in [2.45, 2.75) is 50.5 Å². The van der Waals surface area contributed by atoms with Crippen LogP contribution >= 0.6 is 0 Å². The Morgan fingerprint density at radius 1 is 0.972 bits per heavy atom. The lowest BCUT2D eigenvalue weighted by atomic mass is 9.79. The van der Waals surface area contributed by atoms with Crippen LogP contribution in [0.3, 0.4) is 0 Å². The van der Waals surface area contributed by atoms with Crippen molar-refractivity contribution in [1.82, 2.24) is 5.32 Å². The maximum Gasteiger partial charge on any atom is 0.165 e. The summed E-state index contributed by atoms with van der Waals surface area (Å²) in [6, 6.07) is 17.8. The Kier molecular flexibility index (Phi) is 7.61. The first-order valence-electron chi connectivity index (χ1n) is 13.0. The highest BCUT2D eigenvalue weighted by Crippen LogP contribution is 2.38. The third kappa shape index (κ3) is 6.11. The Hall–Kier alpha value is -3.25. The summed E-state index contributed by atoms with van der Waals surface area (Å²) in [4.78, 5) is 0. The number of ether oxygens (including phenoxy) is 2. The molecule has 190 valence electrons. The fourth-order valence-corrected chi connectivity index (χ4v) is 5.05. The SMILES string of the molecule is COc1ccc(C2CCc3cc(O)ccc3C2)c(NCCc2ccc(OCCNC3CC3)c(F)c2)c1. The average Bonchev–Trinajstić information content (AvgIpc) is 3.72. The summed E-state index contributed by atoms with van der Waals surface area (Å²) >= 11 is 0. The van der Waals surface area contributed by atoms with Gasteiger partial charge in [-0.2, -0.15) is 0 Å². The number of methoxy groups -OCH3 is 1. The van der Waals surface area contributed by atoms with E-state index in [2.05, 4.69) is 22.8 Å². The lowest BCUT2D eigenvalue weighted by Crippen LogP contribution is -2.23. The topological polar surface area (TPSA) is 62.8 Å². The van der Waals surface area contributed by atoms with Gasteiger partial charge in [-0.15, -0.1) is 0 Å². The summed E-state index contributed by atoms with van der Waals surface area (Å²) < 4.78 is 25.6. The quantitative estimate of drug-likeness (QED) is 0.306. The fraction of sp³-hybridized carbons (Fsp3) is 0.400. The van der Waals surface area contributed by atoms with Gasteiger partial charge in [0.1, 0.15) is 18.1 Å². The molecule has 5 nitrogen and oxygen atoms in total. The molecule has 0 radical (unpaired) electrons. The van der Waals surface area contributed by atoms with Gasteiger partial charge in [0.25, 0.3) is 0 Å². The van der Waals surface area contributed by atoms with Gasteiger partial charge in [-0.05, 0) is 97.0 Å². The van der Waals surface area contributed by atoms with Crippen LogP contribution in [0.1, 0.15) is 47.4 Å². The number of hydrogen-bond donors (Lipinski definition) is 3. The first kappa shape index (κ1) is 24.4. The maximum atomic E-state index is 14.6. The molecule has 2 aliphatic rings. The molecule has 2 aliphatic carbocycles. The Balaban J connectivity index is 1.20. The van der Waals surface area contributed by atoms with Crippen LogP contribution in [0.5, 0.6) is 17.2 Å². The highest BCUT2D eigenvalue weighted by molar-refractivity contribution is 5.58. The third-order valence-corrected chi connectivity index (χ3v) is 7.21. The van der Waals surface area contributed by atoms with Crippen LogP contribution in [-0.2, 0) is 19.3 Å². The van der Waals surface area contributed by atoms with Gasteiger partial charge in [0.2, 0.25) is 0 Å². The molecule has 5 rings (SSSR count). The largest absolute Gasteiger partial charge is 0.508 e. The standard InChI is InChI=1S/C30H35FN2O3/c1-35-26-9-10-27(23-4-3-22-18-25(34)8-5-21(22)17-23)29(19-26)33-13-12-20-2-11-30(28(31)16-20)36-15-14-32-24-6-7-24/h2,5,8-11,16,18-19,23-24,32-34H,3-4,6-7,12-15,17H2,1H3. The van der Waals surface area contributed by atoms with Gasteiger partial charge in [-0.25, -0.2) is 4.39 Å². The summed E-state index contributed by atoms with van der Waals surface area (Å²) in [7, 11) is 1.68. The lowest BCUT2D eigenvalue weighted by Gasteiger charge is -2.27. The van der Waals surface area contributed by atoms with Gasteiger partial charge in [0.05, 0.1) is 7.11 Å². The van der Waals surface area contributed by atoms with Crippen molar-refractivity contribution in [3.8, 4) is 17.2 Å². The molecule has 3 N–H and O–H groups in total. The van der Waals surface area contributed by atoms with Crippen LogP contribution in [0, 0.1) is 5.82 Å². The number of fused-ring (bicyclic) bond motifs is 1. The van der Waals surface area contributed by atoms with Crippen molar-refractivity contribution in [2.24, 2.45) is 0 Å². The highest BCUT2D eigenvalue weighted by Gasteiger charge is 2.23. The number of anilines is 1. The van der Waals surface area contributed by atoms with Gasteiger partial charge in [0.15, 0.2) is 11.6 Å². The van der Waals surface area contributed by atoms with E-state index in [9.17, 15) is 9.50 Å². The van der Waals surface area contributed by atoms with Crippen molar-refractivity contribution >= 4 is 5.69 Å². The van der Waals surface area contributed by atoms with E-state index >= 15 is 0 Å². The predicted molar refractivity (Wildman–Crippen MR) is 141 cm³/mol. The zero-order chi connectivity index (χ0) is 24.9. The molecule has 3 aromatic rings. The van der Waals surface area contributed by atoms with Crippen molar-refractivity contribution in [3.63, 3.8) is 0 Å². The second-order valence-corrected chi connectivity index (χ2v) is 9.86. The molecule has 0 spiro atoms. The Bertz CT molecular complexity index is 1190. The number of halogens is 1. The number of phenols is 1. The van der Waals surface area contributed by atoms with Crippen LogP contribution < -0.4 is 20.1 Å². The average molecular weight is 491 g/mol. The fourth-order valence-electron chi connectivity index (χ4n) is 5.05. The number of benzene rings is 3. The van der Waals surface area contributed by atoms with Gasteiger partial charge < -0.3 is 25.2 Å². The zero-order valence-electron chi connectivity index (χ0n) is 20.9. The van der Waals surface area contributed by atoms with Crippen molar-refractivity contribution in [2.75, 3.05) is 32.1 Å². The molecule has 0 bridgehead atoms. The van der Waals surface area contributed by atoms with Crippen LogP contribution in [0.25, 0.3) is 0 Å². The number of hydrogen-bond acceptors (Lipinski definition) is 5. The van der Waals surface area contributed by atoms with E-state index in [0.29, 0.717) is 43.0 Å². The second-order valence-electron chi connectivity index (χ2n) is 9.86. The summed E-state index contributed by atoms with van der Waals surface area (Å²) in [6.45, 7) is 1.90. The van der Waals surface area contributed by atoms with Gasteiger partial charge in [-0.3, -0.25) is 0 Å². The molecule has 0 heterocycles. The van der Waals surface area contributed by atoms with Crippen molar-refractivity contribution in [1.29, 1.82) is 0 Å². The number of aromatic hydroxyl groups is 1. The molecule has 0 aromatic heterocycles. The molecule has 0 aliphatic heterocycles. The minimum Gasteiger partial charge on any atom is -0.508 e. The van der Waals surface area contributed by atoms with E-state index in [1.807, 2.05) is 24.3 Å². The molecule has 1 atom stereocenters. The van der Waals surface area contributed by atoms with E-state index in [1.165, 1.54) is 29.5 Å². The molecule has 3 aromatic carbocycles. The van der Waals surface area contributed by atoms with Crippen LogP contribution in [0.4, 0.5) is 10.1 Å². The van der Waals surface area contributed by atoms with E-state index in [1.54, 1.807) is 25.3 Å². The molecular formula is C30H35FN2O3. The normalized spacial score (nSPS) is 16.9. The van der Waals surface area contributed by atoms with Gasteiger partial charge >= 0.3 is 0 Å². The molecule has 1 fully saturated rings. The summed E-state index contributed by atoms with van der Waals surface area (Å²) in [5.41, 5.74) is 5.79. The van der Waals surface area contributed by atoms with Crippen molar-refractivity contribution < 1.29 is 19.0 Å². The van der Waals surface area contributed by atoms with Crippen LogP contribution in [0.15, 0.2) is 54.6 Å². The van der Waals surface area contributed by atoms with E-state index in [-0.39, 0.29) is 5.82 Å². The number of nitrogens with one attached hydrogen (secondary N) is 2. The molecule has 0 amide bonds. The minimum atomic E-state index is -0.312. The Morgan fingerprint density at radius 3 is 2.67 bits per heavy atom. The highest BCUT2D eigenvalue weighted by atomic mass is 19.1. The molecule has 0 saturated heterocycles. The molecule has 1 saturated carbocycles. The molecular weight excluding hydrogens is 455 g/mol. The summed E-state index contributed by atoms with van der Waals surface area (Å²) in [5.74, 6) is 1.53. The Labute approximate surface area is 212 Å². The minimum absolute atomic E-state index is 0.310. The van der Waals surface area contributed by atoms with E-state index in [4.69, 9.17) is 9.47 Å². The predicted octanol–water partition coefficient (Wildman–Crippen LogP) is 5.60. The zero-order valence-corrected chi connectivity index (χ0v) is 20.9. The monoisotopic (exact) mass is 490 g/mol. The third-order valence-electron chi connectivity index (χ3n) is 7.21. The molecule has 1 unspecified atom stereocenters. The Morgan fingerprint density at radius 2 is 1.86 bits per heavy atom. The maximum absolute atomic E-state index is 14.6.